The lowest BCUT2D eigenvalue weighted by atomic mass is 9.76. The summed E-state index contributed by atoms with van der Waals surface area (Å²) in [6.45, 7) is 9.31. The predicted octanol–water partition coefficient (Wildman–Crippen LogP) is 2.37. The molecule has 0 aliphatic rings. The normalized spacial score (nSPS) is 13.2. The number of hydrogen-bond donors (Lipinski definition) is 1. The van der Waals surface area contributed by atoms with E-state index in [4.69, 9.17) is 19.9 Å². The van der Waals surface area contributed by atoms with Gasteiger partial charge in [0.1, 0.15) is 6.61 Å². The molecular weight excluding hydrogens is 270 g/mol. The predicted molar refractivity (Wildman–Crippen MR) is 84.1 cm³/mol. The average molecular weight is 303 g/mol. The van der Waals surface area contributed by atoms with Crippen molar-refractivity contribution in [2.45, 2.75) is 46.5 Å². The van der Waals surface area contributed by atoms with Crippen LogP contribution in [0.1, 0.15) is 46.5 Å². The van der Waals surface area contributed by atoms with E-state index in [1.54, 1.807) is 7.11 Å². The molecule has 0 aromatic carbocycles. The van der Waals surface area contributed by atoms with E-state index >= 15 is 0 Å². The van der Waals surface area contributed by atoms with Gasteiger partial charge in [-0.15, -0.1) is 0 Å². The first-order chi connectivity index (χ1) is 9.91. The van der Waals surface area contributed by atoms with Crippen molar-refractivity contribution in [3.05, 3.63) is 0 Å². The Bertz CT molecular complexity index is 263. The number of ether oxygens (including phenoxy) is 3. The van der Waals surface area contributed by atoms with Gasteiger partial charge in [0.25, 0.3) is 0 Å². The van der Waals surface area contributed by atoms with Crippen molar-refractivity contribution in [3.63, 3.8) is 0 Å². The topological polar surface area (TPSA) is 70.8 Å². The quantitative estimate of drug-likeness (QED) is 0.443. The van der Waals surface area contributed by atoms with Crippen molar-refractivity contribution in [2.75, 3.05) is 40.1 Å². The van der Waals surface area contributed by atoms with E-state index in [1.807, 2.05) is 0 Å². The molecule has 2 N–H and O–H groups in total. The molecule has 126 valence electrons. The fourth-order valence-electron chi connectivity index (χ4n) is 2.20. The number of esters is 1. The van der Waals surface area contributed by atoms with Crippen LogP contribution in [-0.2, 0) is 19.0 Å². The van der Waals surface area contributed by atoms with Crippen LogP contribution in [0.4, 0.5) is 0 Å². The lowest BCUT2D eigenvalue weighted by Gasteiger charge is -2.30. The maximum atomic E-state index is 11.7. The number of rotatable bonds is 12. The van der Waals surface area contributed by atoms with E-state index in [0.29, 0.717) is 45.3 Å². The Morgan fingerprint density at radius 3 is 2.38 bits per heavy atom. The Morgan fingerprint density at radius 1 is 1.10 bits per heavy atom. The molecule has 0 aromatic heterocycles. The van der Waals surface area contributed by atoms with Gasteiger partial charge >= 0.3 is 5.97 Å². The SMILES string of the molecule is COCCCOCCOC(=O)CCC(CCN)C(C)(C)C. The van der Waals surface area contributed by atoms with Crippen LogP contribution in [-0.4, -0.2) is 46.1 Å². The summed E-state index contributed by atoms with van der Waals surface area (Å²) >= 11 is 0. The van der Waals surface area contributed by atoms with Crippen LogP contribution in [0.5, 0.6) is 0 Å². The van der Waals surface area contributed by atoms with Gasteiger partial charge in [-0.3, -0.25) is 4.79 Å². The summed E-state index contributed by atoms with van der Waals surface area (Å²) in [5, 5.41) is 0. The van der Waals surface area contributed by atoms with Gasteiger partial charge in [0, 0.05) is 26.7 Å². The summed E-state index contributed by atoms with van der Waals surface area (Å²) in [7, 11) is 1.66. The number of hydrogen-bond acceptors (Lipinski definition) is 5. The molecule has 0 bridgehead atoms. The molecule has 0 aromatic rings. The Morgan fingerprint density at radius 2 is 1.81 bits per heavy atom. The Balaban J connectivity index is 3.69. The molecule has 1 atom stereocenters. The minimum Gasteiger partial charge on any atom is -0.463 e. The number of carbonyl (C=O) groups is 1. The average Bonchev–Trinajstić information content (AvgIpc) is 2.41. The number of nitrogens with two attached hydrogens (primary N) is 1. The second-order valence-corrected chi connectivity index (χ2v) is 6.36. The van der Waals surface area contributed by atoms with Gasteiger partial charge in [-0.05, 0) is 37.1 Å². The first-order valence-corrected chi connectivity index (χ1v) is 7.84. The molecule has 5 nitrogen and oxygen atoms in total. The molecule has 21 heavy (non-hydrogen) atoms. The van der Waals surface area contributed by atoms with Crippen molar-refractivity contribution < 1.29 is 19.0 Å². The van der Waals surface area contributed by atoms with Crippen LogP contribution in [0.3, 0.4) is 0 Å². The van der Waals surface area contributed by atoms with E-state index in [-0.39, 0.29) is 11.4 Å². The van der Waals surface area contributed by atoms with Crippen molar-refractivity contribution in [1.82, 2.24) is 0 Å². The van der Waals surface area contributed by atoms with E-state index in [0.717, 1.165) is 19.3 Å². The van der Waals surface area contributed by atoms with Gasteiger partial charge in [-0.2, -0.15) is 0 Å². The van der Waals surface area contributed by atoms with Gasteiger partial charge in [-0.1, -0.05) is 20.8 Å². The lowest BCUT2D eigenvalue weighted by molar-refractivity contribution is -0.145. The van der Waals surface area contributed by atoms with Gasteiger partial charge in [0.2, 0.25) is 0 Å². The largest absolute Gasteiger partial charge is 0.463 e. The first-order valence-electron chi connectivity index (χ1n) is 7.84. The van der Waals surface area contributed by atoms with E-state index in [9.17, 15) is 4.79 Å². The summed E-state index contributed by atoms with van der Waals surface area (Å²) in [5.41, 5.74) is 5.81. The molecule has 0 spiro atoms. The number of methoxy groups -OCH3 is 1. The molecule has 5 heteroatoms. The molecular formula is C16H33NO4. The smallest absolute Gasteiger partial charge is 0.305 e. The van der Waals surface area contributed by atoms with E-state index in [1.165, 1.54) is 0 Å². The summed E-state index contributed by atoms with van der Waals surface area (Å²) in [4.78, 5) is 11.7. The molecule has 0 aliphatic heterocycles. The third kappa shape index (κ3) is 11.7. The van der Waals surface area contributed by atoms with Crippen molar-refractivity contribution in [1.29, 1.82) is 0 Å². The lowest BCUT2D eigenvalue weighted by Crippen LogP contribution is -2.24. The Hall–Kier alpha value is -0.650. The van der Waals surface area contributed by atoms with Crippen LogP contribution in [0.25, 0.3) is 0 Å². The monoisotopic (exact) mass is 303 g/mol. The molecule has 0 heterocycles. The van der Waals surface area contributed by atoms with E-state index < -0.39 is 0 Å². The Labute approximate surface area is 129 Å². The van der Waals surface area contributed by atoms with Crippen LogP contribution in [0.2, 0.25) is 0 Å². The van der Waals surface area contributed by atoms with Crippen molar-refractivity contribution >= 4 is 5.97 Å². The maximum Gasteiger partial charge on any atom is 0.305 e. The molecule has 0 saturated heterocycles. The highest BCUT2D eigenvalue weighted by Gasteiger charge is 2.24. The maximum absolute atomic E-state index is 11.7. The molecule has 0 aliphatic carbocycles. The van der Waals surface area contributed by atoms with Gasteiger partial charge < -0.3 is 19.9 Å². The minimum absolute atomic E-state index is 0.151. The third-order valence-electron chi connectivity index (χ3n) is 3.56. The summed E-state index contributed by atoms with van der Waals surface area (Å²) in [6, 6.07) is 0. The van der Waals surface area contributed by atoms with Crippen LogP contribution in [0, 0.1) is 11.3 Å². The van der Waals surface area contributed by atoms with Crippen LogP contribution in [0.15, 0.2) is 0 Å². The molecule has 0 saturated carbocycles. The molecule has 1 unspecified atom stereocenters. The second kappa shape index (κ2) is 12.0. The zero-order valence-electron chi connectivity index (χ0n) is 14.2. The van der Waals surface area contributed by atoms with Gasteiger partial charge in [0.15, 0.2) is 0 Å². The highest BCUT2D eigenvalue weighted by Crippen LogP contribution is 2.32. The second-order valence-electron chi connectivity index (χ2n) is 6.36. The minimum atomic E-state index is -0.151. The fraction of sp³-hybridized carbons (Fsp3) is 0.938. The highest BCUT2D eigenvalue weighted by atomic mass is 16.6. The Kier molecular flexibility index (Phi) is 11.6. The zero-order valence-corrected chi connectivity index (χ0v) is 14.2. The van der Waals surface area contributed by atoms with Crippen LogP contribution < -0.4 is 5.73 Å². The molecule has 0 amide bonds. The highest BCUT2D eigenvalue weighted by molar-refractivity contribution is 5.69. The van der Waals surface area contributed by atoms with Crippen molar-refractivity contribution in [3.8, 4) is 0 Å². The van der Waals surface area contributed by atoms with Crippen molar-refractivity contribution in [2.24, 2.45) is 17.1 Å². The van der Waals surface area contributed by atoms with Gasteiger partial charge in [0.05, 0.1) is 6.61 Å². The van der Waals surface area contributed by atoms with Crippen LogP contribution >= 0.6 is 0 Å². The zero-order chi connectivity index (χ0) is 16.1. The number of carbonyl (C=O) groups excluding carboxylic acids is 1. The fourth-order valence-corrected chi connectivity index (χ4v) is 2.20. The standard InChI is InChI=1S/C16H33NO4/c1-16(2,3)14(8-9-17)6-7-15(18)21-13-12-20-11-5-10-19-4/h14H,5-13,17H2,1-4H3. The molecule has 0 fully saturated rings. The van der Waals surface area contributed by atoms with E-state index in [2.05, 4.69) is 20.8 Å². The summed E-state index contributed by atoms with van der Waals surface area (Å²) in [5.74, 6) is 0.294. The first kappa shape index (κ1) is 20.3. The summed E-state index contributed by atoms with van der Waals surface area (Å²) < 4.78 is 15.4. The molecule has 0 radical (unpaired) electrons. The summed E-state index contributed by atoms with van der Waals surface area (Å²) in [6.07, 6.45) is 3.08. The van der Waals surface area contributed by atoms with Gasteiger partial charge in [-0.25, -0.2) is 0 Å². The third-order valence-corrected chi connectivity index (χ3v) is 3.56. The molecule has 0 rings (SSSR count).